The molecule has 0 saturated carbocycles. The van der Waals surface area contributed by atoms with E-state index in [1.165, 1.54) is 30.5 Å². The Morgan fingerprint density at radius 3 is 2.52 bits per heavy atom. The molecule has 1 N–H and O–H groups in total. The Morgan fingerprint density at radius 2 is 1.93 bits per heavy atom. The minimum Gasteiger partial charge on any atom is -0.406 e. The smallest absolute Gasteiger partial charge is 0.406 e. The first-order valence-corrected chi connectivity index (χ1v) is 10.5. The number of carbonyl (C=O) groups is 1. The van der Waals surface area contributed by atoms with Gasteiger partial charge < -0.3 is 4.74 Å². The molecule has 158 valence electrons. The van der Waals surface area contributed by atoms with E-state index in [0.717, 1.165) is 32.7 Å². The van der Waals surface area contributed by atoms with Crippen LogP contribution in [0.3, 0.4) is 0 Å². The second-order valence-corrected chi connectivity index (χ2v) is 9.51. The highest BCUT2D eigenvalue weighted by Gasteiger charge is 2.32. The molecule has 1 amide bonds. The Balaban J connectivity index is 1.68. The fourth-order valence-electron chi connectivity index (χ4n) is 2.63. The van der Waals surface area contributed by atoms with Gasteiger partial charge in [-0.05, 0) is 24.3 Å². The highest BCUT2D eigenvalue weighted by Crippen LogP contribution is 2.30. The van der Waals surface area contributed by atoms with Gasteiger partial charge in [-0.3, -0.25) is 10.1 Å². The van der Waals surface area contributed by atoms with Crippen molar-refractivity contribution >= 4 is 32.6 Å². The van der Waals surface area contributed by atoms with Crippen molar-refractivity contribution in [1.29, 1.82) is 0 Å². The lowest BCUT2D eigenvalue weighted by atomic mass is 10.2. The van der Waals surface area contributed by atoms with Crippen LogP contribution in [0.1, 0.15) is 20.9 Å². The molecule has 8 nitrogen and oxygen atoms in total. The topological polar surface area (TPSA) is 91.8 Å². The zero-order valence-electron chi connectivity index (χ0n) is 15.4. The van der Waals surface area contributed by atoms with Gasteiger partial charge in [-0.1, -0.05) is 0 Å². The predicted octanol–water partition coefficient (Wildman–Crippen LogP) is 2.46. The van der Waals surface area contributed by atoms with Gasteiger partial charge in [0.2, 0.25) is 0 Å². The summed E-state index contributed by atoms with van der Waals surface area (Å²) in [5.74, 6) is -0.978. The number of nitrogens with one attached hydrogen (secondary N) is 1. The average molecular weight is 450 g/mol. The van der Waals surface area contributed by atoms with Crippen LogP contribution in [0.25, 0.3) is 0 Å². The molecule has 0 bridgehead atoms. The summed E-state index contributed by atoms with van der Waals surface area (Å²) in [7, 11) is -0.645. The number of aromatic nitrogens is 1. The van der Waals surface area contributed by atoms with Gasteiger partial charge in [0.05, 0.1) is 12.2 Å². The number of halogens is 3. The van der Waals surface area contributed by atoms with Gasteiger partial charge in [0.15, 0.2) is 5.13 Å². The zero-order chi connectivity index (χ0) is 21.4. The van der Waals surface area contributed by atoms with Crippen LogP contribution in [0, 0.1) is 0 Å². The number of carbonyl (C=O) groups excluding carboxylic acids is 1. The molecule has 3 rings (SSSR count). The summed E-state index contributed by atoms with van der Waals surface area (Å²) < 4.78 is 67.3. The van der Waals surface area contributed by atoms with E-state index in [0.29, 0.717) is 17.2 Å². The highest BCUT2D eigenvalue weighted by atomic mass is 32.2. The maximum Gasteiger partial charge on any atom is 0.573 e. The fourth-order valence-corrected chi connectivity index (χ4v) is 4.81. The summed E-state index contributed by atoms with van der Waals surface area (Å²) in [5, 5.41) is 2.88. The lowest BCUT2D eigenvalue weighted by molar-refractivity contribution is -0.274. The molecule has 0 aliphatic carbocycles. The van der Waals surface area contributed by atoms with Crippen LogP contribution in [-0.2, 0) is 23.2 Å². The second-order valence-electron chi connectivity index (χ2n) is 6.29. The van der Waals surface area contributed by atoms with Gasteiger partial charge in [-0.25, -0.2) is 4.98 Å². The van der Waals surface area contributed by atoms with E-state index >= 15 is 0 Å². The lowest BCUT2D eigenvalue weighted by Gasteiger charge is -2.27. The molecule has 0 saturated heterocycles. The molecule has 1 aliphatic rings. The van der Waals surface area contributed by atoms with Crippen molar-refractivity contribution in [2.75, 3.05) is 26.0 Å². The van der Waals surface area contributed by atoms with E-state index in [-0.39, 0.29) is 18.7 Å². The van der Waals surface area contributed by atoms with Crippen LogP contribution in [0.4, 0.5) is 18.3 Å². The zero-order valence-corrected chi connectivity index (χ0v) is 17.0. The maximum absolute atomic E-state index is 12.3. The molecule has 0 radical (unpaired) electrons. The number of fused-ring (bicyclic) bond motifs is 1. The van der Waals surface area contributed by atoms with Gasteiger partial charge in [-0.2, -0.15) is 17.0 Å². The van der Waals surface area contributed by atoms with Crippen molar-refractivity contribution in [3.63, 3.8) is 0 Å². The standard InChI is InChI=1S/C16H17F3N4O4S2/c1-22(2)29(25,26)23-8-7-12-13(9-23)28-15(20-12)21-14(24)10-3-5-11(6-4-10)27-16(17,18)19/h3-6H,7-9H2,1-2H3,(H,20,21,24). The molecule has 1 aliphatic heterocycles. The summed E-state index contributed by atoms with van der Waals surface area (Å²) in [6.45, 7) is 0.443. The van der Waals surface area contributed by atoms with Gasteiger partial charge in [0.25, 0.3) is 16.1 Å². The minimum absolute atomic E-state index is 0.129. The number of nitrogens with zero attached hydrogens (tertiary/aromatic N) is 3. The summed E-state index contributed by atoms with van der Waals surface area (Å²) in [5.41, 5.74) is 0.842. The van der Waals surface area contributed by atoms with Gasteiger partial charge in [-0.15, -0.1) is 24.5 Å². The number of anilines is 1. The summed E-state index contributed by atoms with van der Waals surface area (Å²) in [6, 6.07) is 4.49. The summed E-state index contributed by atoms with van der Waals surface area (Å²) >= 11 is 1.16. The van der Waals surface area contributed by atoms with E-state index < -0.39 is 28.2 Å². The van der Waals surface area contributed by atoms with E-state index in [1.807, 2.05) is 0 Å². The molecule has 13 heteroatoms. The van der Waals surface area contributed by atoms with E-state index in [4.69, 9.17) is 0 Å². The van der Waals surface area contributed by atoms with Crippen molar-refractivity contribution in [1.82, 2.24) is 13.6 Å². The fraction of sp³-hybridized carbons (Fsp3) is 0.375. The molecule has 0 unspecified atom stereocenters. The molecular formula is C16H17F3N4O4S2. The number of hydrogen-bond donors (Lipinski definition) is 1. The number of rotatable bonds is 5. The number of alkyl halides is 3. The number of thiazole rings is 1. The van der Waals surface area contributed by atoms with E-state index in [9.17, 15) is 26.4 Å². The van der Waals surface area contributed by atoms with Crippen LogP contribution >= 0.6 is 11.3 Å². The van der Waals surface area contributed by atoms with Crippen LogP contribution in [0.5, 0.6) is 5.75 Å². The quantitative estimate of drug-likeness (QED) is 0.756. The normalized spacial score (nSPS) is 15.2. The third kappa shape index (κ3) is 5.04. The average Bonchev–Trinajstić information content (AvgIpc) is 3.02. The molecule has 0 fully saturated rings. The van der Waals surface area contributed by atoms with E-state index in [2.05, 4.69) is 15.0 Å². The number of benzene rings is 1. The van der Waals surface area contributed by atoms with Crippen molar-refractivity contribution in [3.05, 3.63) is 40.4 Å². The summed E-state index contributed by atoms with van der Waals surface area (Å²) in [6.07, 6.45) is -4.39. The number of ether oxygens (including phenoxy) is 1. The first-order valence-electron chi connectivity index (χ1n) is 8.29. The molecule has 0 atom stereocenters. The first-order chi connectivity index (χ1) is 13.5. The molecule has 0 spiro atoms. The van der Waals surface area contributed by atoms with Crippen molar-refractivity contribution < 1.29 is 31.1 Å². The molecular weight excluding hydrogens is 433 g/mol. The van der Waals surface area contributed by atoms with E-state index in [1.54, 1.807) is 0 Å². The molecule has 2 aromatic rings. The minimum atomic E-state index is -4.81. The first kappa shape index (κ1) is 21.5. The Bertz CT molecular complexity index is 1000. The number of hydrogen-bond acceptors (Lipinski definition) is 6. The largest absolute Gasteiger partial charge is 0.573 e. The monoisotopic (exact) mass is 450 g/mol. The molecule has 29 heavy (non-hydrogen) atoms. The van der Waals surface area contributed by atoms with Gasteiger partial charge in [0.1, 0.15) is 5.75 Å². The van der Waals surface area contributed by atoms with Crippen LogP contribution in [-0.4, -0.2) is 54.9 Å². The lowest BCUT2D eigenvalue weighted by Crippen LogP contribution is -2.42. The Labute approximate surface area is 169 Å². The SMILES string of the molecule is CN(C)S(=O)(=O)N1CCc2nc(NC(=O)c3ccc(OC(F)(F)F)cc3)sc2C1. The summed E-state index contributed by atoms with van der Waals surface area (Å²) in [4.78, 5) is 17.4. The van der Waals surface area contributed by atoms with Crippen LogP contribution < -0.4 is 10.1 Å². The Kier molecular flexibility index (Phi) is 5.85. The molecule has 1 aromatic carbocycles. The molecule has 1 aromatic heterocycles. The third-order valence-corrected chi connectivity index (χ3v) is 6.94. The predicted molar refractivity (Wildman–Crippen MR) is 99.9 cm³/mol. The van der Waals surface area contributed by atoms with Gasteiger partial charge in [0, 0.05) is 37.5 Å². The highest BCUT2D eigenvalue weighted by molar-refractivity contribution is 7.86. The second kappa shape index (κ2) is 7.89. The molecule has 2 heterocycles. The van der Waals surface area contributed by atoms with Crippen molar-refractivity contribution in [2.45, 2.75) is 19.3 Å². The Hall–Kier alpha value is -2.22. The van der Waals surface area contributed by atoms with Crippen molar-refractivity contribution in [3.8, 4) is 5.75 Å². The Morgan fingerprint density at radius 1 is 1.28 bits per heavy atom. The number of amides is 1. The maximum atomic E-state index is 12.3. The van der Waals surface area contributed by atoms with Crippen molar-refractivity contribution in [2.24, 2.45) is 0 Å². The van der Waals surface area contributed by atoms with Crippen LogP contribution in [0.15, 0.2) is 24.3 Å². The van der Waals surface area contributed by atoms with Gasteiger partial charge >= 0.3 is 6.36 Å². The van der Waals surface area contributed by atoms with Crippen LogP contribution in [0.2, 0.25) is 0 Å². The third-order valence-electron chi connectivity index (χ3n) is 4.05.